The first-order valence-electron chi connectivity index (χ1n) is 13.6. The van der Waals surface area contributed by atoms with Gasteiger partial charge in [-0.05, 0) is 63.3 Å². The molecule has 2 N–H and O–H groups in total. The van der Waals surface area contributed by atoms with Crippen molar-refractivity contribution in [2.75, 3.05) is 11.9 Å². The van der Waals surface area contributed by atoms with Gasteiger partial charge in [-0.2, -0.15) is 0 Å². The molecule has 0 aromatic heterocycles. The molecule has 0 aliphatic rings. The molecule has 0 saturated heterocycles. The SMILES string of the molecule is C#Cc1ccccc1C(C(=O)Nc1ccccc1C)N(CCCC)C(=O)C(NC(=O)OC(C)(C)C)C(C)CC. The molecule has 0 saturated carbocycles. The molecule has 0 radical (unpaired) electrons. The van der Waals surface area contributed by atoms with E-state index < -0.39 is 23.8 Å². The van der Waals surface area contributed by atoms with E-state index in [1.165, 1.54) is 0 Å². The third kappa shape index (κ3) is 8.88. The fourth-order valence-electron chi connectivity index (χ4n) is 4.22. The number of hydrogen-bond donors (Lipinski definition) is 2. The van der Waals surface area contributed by atoms with Gasteiger partial charge in [0.1, 0.15) is 17.7 Å². The van der Waals surface area contributed by atoms with Crippen molar-refractivity contribution in [3.8, 4) is 12.3 Å². The zero-order valence-corrected chi connectivity index (χ0v) is 24.3. The first kappa shape index (κ1) is 31.4. The van der Waals surface area contributed by atoms with Gasteiger partial charge in [0.05, 0.1) is 0 Å². The summed E-state index contributed by atoms with van der Waals surface area (Å²) in [5, 5.41) is 5.80. The molecule has 3 atom stereocenters. The standard InChI is InChI=1S/C32H43N3O4/c1-9-12-21-35(30(37)27(22(4)10-2)34-31(38)39-32(6,7)8)28(25-19-15-14-18-24(25)11-3)29(36)33-26-20-16-13-17-23(26)5/h3,13-20,22,27-28H,9-10,12,21H2,1-2,4-8H3,(H,33,36)(H,34,38). The molecule has 0 heterocycles. The predicted molar refractivity (Wildman–Crippen MR) is 156 cm³/mol. The molecule has 39 heavy (non-hydrogen) atoms. The third-order valence-electron chi connectivity index (χ3n) is 6.56. The van der Waals surface area contributed by atoms with Gasteiger partial charge in [-0.15, -0.1) is 6.42 Å². The molecule has 2 aromatic carbocycles. The van der Waals surface area contributed by atoms with E-state index in [1.807, 2.05) is 52.0 Å². The number of rotatable bonds is 11. The zero-order chi connectivity index (χ0) is 29.2. The van der Waals surface area contributed by atoms with Crippen molar-refractivity contribution in [1.29, 1.82) is 0 Å². The van der Waals surface area contributed by atoms with Gasteiger partial charge in [0.15, 0.2) is 0 Å². The number of carbonyl (C=O) groups excluding carboxylic acids is 3. The summed E-state index contributed by atoms with van der Waals surface area (Å²) in [4.78, 5) is 42.7. The molecular weight excluding hydrogens is 490 g/mol. The number of unbranched alkanes of at least 4 members (excludes halogenated alkanes) is 1. The van der Waals surface area contributed by atoms with E-state index in [9.17, 15) is 14.4 Å². The molecule has 0 bridgehead atoms. The van der Waals surface area contributed by atoms with Crippen molar-refractivity contribution in [3.05, 3.63) is 65.2 Å². The van der Waals surface area contributed by atoms with E-state index >= 15 is 0 Å². The smallest absolute Gasteiger partial charge is 0.408 e. The van der Waals surface area contributed by atoms with Crippen LogP contribution >= 0.6 is 0 Å². The van der Waals surface area contributed by atoms with Crippen LogP contribution in [0.3, 0.4) is 0 Å². The Bertz CT molecular complexity index is 1180. The number of anilines is 1. The average Bonchev–Trinajstić information content (AvgIpc) is 2.89. The van der Waals surface area contributed by atoms with Crippen LogP contribution in [0.25, 0.3) is 0 Å². The maximum absolute atomic E-state index is 14.3. The first-order chi connectivity index (χ1) is 18.4. The number of terminal acetylenes is 1. The van der Waals surface area contributed by atoms with Crippen LogP contribution in [0.4, 0.5) is 10.5 Å². The summed E-state index contributed by atoms with van der Waals surface area (Å²) in [5.74, 6) is 1.72. The van der Waals surface area contributed by atoms with Crippen LogP contribution in [-0.4, -0.2) is 41.0 Å². The number of nitrogens with one attached hydrogen (secondary N) is 2. The van der Waals surface area contributed by atoms with Crippen LogP contribution in [0.5, 0.6) is 0 Å². The third-order valence-corrected chi connectivity index (χ3v) is 6.56. The Kier molecular flexibility index (Phi) is 11.6. The number of ether oxygens (including phenoxy) is 1. The molecule has 7 heteroatoms. The highest BCUT2D eigenvalue weighted by atomic mass is 16.6. The Labute approximate surface area is 233 Å². The number of carbonyl (C=O) groups is 3. The number of nitrogens with zero attached hydrogens (tertiary/aromatic N) is 1. The molecular formula is C32H43N3O4. The number of para-hydroxylation sites is 1. The van der Waals surface area contributed by atoms with Crippen molar-refractivity contribution < 1.29 is 19.1 Å². The highest BCUT2D eigenvalue weighted by molar-refractivity contribution is 5.99. The second-order valence-electron chi connectivity index (χ2n) is 10.8. The summed E-state index contributed by atoms with van der Waals surface area (Å²) in [7, 11) is 0. The van der Waals surface area contributed by atoms with Gasteiger partial charge in [-0.3, -0.25) is 9.59 Å². The van der Waals surface area contributed by atoms with Crippen molar-refractivity contribution in [1.82, 2.24) is 10.2 Å². The lowest BCUT2D eigenvalue weighted by Crippen LogP contribution is -2.55. The quantitative estimate of drug-likeness (QED) is 0.336. The lowest BCUT2D eigenvalue weighted by atomic mass is 9.94. The fourth-order valence-corrected chi connectivity index (χ4v) is 4.22. The summed E-state index contributed by atoms with van der Waals surface area (Å²) in [6, 6.07) is 12.7. The molecule has 0 aliphatic carbocycles. The van der Waals surface area contributed by atoms with E-state index in [1.54, 1.807) is 49.9 Å². The van der Waals surface area contributed by atoms with Gasteiger partial charge in [0.2, 0.25) is 5.91 Å². The van der Waals surface area contributed by atoms with Gasteiger partial charge in [0, 0.05) is 17.8 Å². The number of aryl methyl sites for hydroxylation is 1. The second-order valence-corrected chi connectivity index (χ2v) is 10.8. The van der Waals surface area contributed by atoms with E-state index in [4.69, 9.17) is 11.2 Å². The number of amides is 3. The van der Waals surface area contributed by atoms with E-state index in [-0.39, 0.29) is 17.7 Å². The monoisotopic (exact) mass is 533 g/mol. The Morgan fingerprint density at radius 2 is 1.69 bits per heavy atom. The highest BCUT2D eigenvalue weighted by Crippen LogP contribution is 2.29. The number of alkyl carbamates (subject to hydrolysis) is 1. The van der Waals surface area contributed by atoms with Crippen molar-refractivity contribution in [3.63, 3.8) is 0 Å². The maximum Gasteiger partial charge on any atom is 0.408 e. The molecule has 2 aromatic rings. The number of benzene rings is 2. The largest absolute Gasteiger partial charge is 0.444 e. The molecule has 7 nitrogen and oxygen atoms in total. The Morgan fingerprint density at radius 3 is 2.28 bits per heavy atom. The molecule has 0 fully saturated rings. The summed E-state index contributed by atoms with van der Waals surface area (Å²) >= 11 is 0. The van der Waals surface area contributed by atoms with Gasteiger partial charge in [-0.25, -0.2) is 4.79 Å². The lowest BCUT2D eigenvalue weighted by Gasteiger charge is -2.36. The van der Waals surface area contributed by atoms with Gasteiger partial charge in [-0.1, -0.05) is 75.9 Å². The second kappa shape index (κ2) is 14.4. The van der Waals surface area contributed by atoms with Crippen molar-refractivity contribution in [2.45, 2.75) is 85.4 Å². The molecule has 210 valence electrons. The topological polar surface area (TPSA) is 87.7 Å². The zero-order valence-electron chi connectivity index (χ0n) is 24.3. The van der Waals surface area contributed by atoms with Crippen LogP contribution in [0, 0.1) is 25.2 Å². The molecule has 0 aliphatic heterocycles. The molecule has 0 spiro atoms. The predicted octanol–water partition coefficient (Wildman–Crippen LogP) is 6.22. The van der Waals surface area contributed by atoms with Crippen molar-refractivity contribution >= 4 is 23.6 Å². The Morgan fingerprint density at radius 1 is 1.05 bits per heavy atom. The highest BCUT2D eigenvalue weighted by Gasteiger charge is 2.38. The normalized spacial score (nSPS) is 13.4. The number of hydrogen-bond acceptors (Lipinski definition) is 4. The molecule has 2 rings (SSSR count). The molecule has 3 amide bonds. The van der Waals surface area contributed by atoms with E-state index in [0.717, 1.165) is 12.0 Å². The lowest BCUT2D eigenvalue weighted by molar-refractivity contribution is -0.142. The van der Waals surface area contributed by atoms with Crippen LogP contribution < -0.4 is 10.6 Å². The molecule has 3 unspecified atom stereocenters. The minimum absolute atomic E-state index is 0.211. The van der Waals surface area contributed by atoms with Crippen LogP contribution in [-0.2, 0) is 14.3 Å². The minimum atomic E-state index is -1.01. The van der Waals surface area contributed by atoms with Crippen molar-refractivity contribution in [2.24, 2.45) is 5.92 Å². The summed E-state index contributed by atoms with van der Waals surface area (Å²) in [5.41, 5.74) is 1.90. The summed E-state index contributed by atoms with van der Waals surface area (Å²) < 4.78 is 5.47. The summed E-state index contributed by atoms with van der Waals surface area (Å²) in [6.07, 6.45) is 7.26. The maximum atomic E-state index is 14.3. The van der Waals surface area contributed by atoms with Gasteiger partial charge in [0.25, 0.3) is 5.91 Å². The first-order valence-corrected chi connectivity index (χ1v) is 13.6. The van der Waals surface area contributed by atoms with Crippen LogP contribution in [0.15, 0.2) is 48.5 Å². The van der Waals surface area contributed by atoms with Crippen LogP contribution in [0.2, 0.25) is 0 Å². The fraction of sp³-hybridized carbons (Fsp3) is 0.469. The Hall–Kier alpha value is -3.79. The van der Waals surface area contributed by atoms with E-state index in [0.29, 0.717) is 36.2 Å². The summed E-state index contributed by atoms with van der Waals surface area (Å²) in [6.45, 7) is 13.4. The van der Waals surface area contributed by atoms with Gasteiger partial charge < -0.3 is 20.3 Å². The Balaban J connectivity index is 2.62. The minimum Gasteiger partial charge on any atom is -0.444 e. The average molecular weight is 534 g/mol. The van der Waals surface area contributed by atoms with E-state index in [2.05, 4.69) is 16.6 Å². The van der Waals surface area contributed by atoms with Gasteiger partial charge >= 0.3 is 6.09 Å². The van der Waals surface area contributed by atoms with Crippen LogP contribution in [0.1, 0.15) is 83.5 Å².